The highest BCUT2D eigenvalue weighted by Gasteiger charge is 2.49. The second kappa shape index (κ2) is 7.86. The second-order valence-electron chi connectivity index (χ2n) is 8.10. The predicted molar refractivity (Wildman–Crippen MR) is 140 cm³/mol. The minimum absolute atomic E-state index is 0.366. The summed E-state index contributed by atoms with van der Waals surface area (Å²) in [4.78, 5) is 9.49. The van der Waals surface area contributed by atoms with Gasteiger partial charge in [0, 0.05) is 40.2 Å². The van der Waals surface area contributed by atoms with Gasteiger partial charge in [0.05, 0.1) is 28.2 Å². The summed E-state index contributed by atoms with van der Waals surface area (Å²) >= 11 is 0. The average molecular weight is 447 g/mol. The van der Waals surface area contributed by atoms with E-state index < -0.39 is 5.41 Å². The largest absolute Gasteiger partial charge is 0.397 e. The third kappa shape index (κ3) is 2.82. The fourth-order valence-corrected chi connectivity index (χ4v) is 4.92. The maximum absolute atomic E-state index is 6.27. The quantitative estimate of drug-likeness (QED) is 0.318. The maximum atomic E-state index is 6.27. The fourth-order valence-electron chi connectivity index (χ4n) is 4.92. The monoisotopic (exact) mass is 446 g/mol. The van der Waals surface area contributed by atoms with Gasteiger partial charge in [-0.15, -0.1) is 25.7 Å². The topological polar surface area (TPSA) is 77.8 Å². The minimum atomic E-state index is -0.976. The Labute approximate surface area is 204 Å². The van der Waals surface area contributed by atoms with Gasteiger partial charge in [-0.25, -0.2) is 0 Å². The van der Waals surface area contributed by atoms with Crippen LogP contribution >= 0.6 is 0 Å². The van der Waals surface area contributed by atoms with Crippen LogP contribution in [0, 0.1) is 49.4 Å². The van der Waals surface area contributed by atoms with Crippen molar-refractivity contribution in [1.82, 2.24) is 9.97 Å². The maximum Gasteiger partial charge on any atom is 0.0937 e. The summed E-state index contributed by atoms with van der Waals surface area (Å²) in [7, 11) is 0. The Morgan fingerprint density at radius 1 is 0.657 bits per heavy atom. The molecular formula is C31H18N4. The van der Waals surface area contributed by atoms with E-state index in [9.17, 15) is 0 Å². The van der Waals surface area contributed by atoms with Crippen LogP contribution in [0.2, 0.25) is 0 Å². The van der Waals surface area contributed by atoms with E-state index in [-0.39, 0.29) is 0 Å². The SMILES string of the molecule is C#Cc1cc(C2(c3cc(C#C)c(N)c(C#C)c3)c3ccccc3-c3nccnc32)cc(C#C)c1N. The highest BCUT2D eigenvalue weighted by molar-refractivity contribution is 5.84. The standard InChI is InChI=1S/C31H18N4/c1-5-19-15-23(16-20(6-2)27(19)32)31(24-17-21(7-3)28(33)22(8-4)18-24)26-12-10-9-11-25(26)29-30(31)35-14-13-34-29/h1-4,9-18H,32-33H2. The molecule has 162 valence electrons. The van der Waals surface area contributed by atoms with Crippen LogP contribution in [0.1, 0.15) is 44.6 Å². The molecule has 0 saturated carbocycles. The number of hydrogen-bond acceptors (Lipinski definition) is 4. The molecule has 0 radical (unpaired) electrons. The Morgan fingerprint density at radius 2 is 1.11 bits per heavy atom. The summed E-state index contributed by atoms with van der Waals surface area (Å²) in [5.74, 6) is 10.7. The molecule has 0 saturated heterocycles. The molecule has 0 fully saturated rings. The van der Waals surface area contributed by atoms with Crippen LogP contribution in [0.4, 0.5) is 11.4 Å². The van der Waals surface area contributed by atoms with Gasteiger partial charge in [-0.05, 0) is 41.0 Å². The lowest BCUT2D eigenvalue weighted by molar-refractivity contribution is 0.734. The van der Waals surface area contributed by atoms with E-state index in [2.05, 4.69) is 28.7 Å². The predicted octanol–water partition coefficient (Wildman–Crippen LogP) is 3.93. The minimum Gasteiger partial charge on any atom is -0.397 e. The third-order valence-electron chi connectivity index (χ3n) is 6.49. The van der Waals surface area contributed by atoms with Crippen LogP contribution in [-0.4, -0.2) is 9.97 Å². The van der Waals surface area contributed by atoms with E-state index in [0.29, 0.717) is 39.3 Å². The number of benzene rings is 3. The van der Waals surface area contributed by atoms with Gasteiger partial charge >= 0.3 is 0 Å². The molecule has 1 aliphatic rings. The number of anilines is 2. The molecule has 4 aromatic rings. The molecule has 0 atom stereocenters. The van der Waals surface area contributed by atoms with Crippen molar-refractivity contribution in [1.29, 1.82) is 0 Å². The van der Waals surface area contributed by atoms with E-state index in [1.165, 1.54) is 0 Å². The summed E-state index contributed by atoms with van der Waals surface area (Å²) in [6, 6.07) is 15.4. The lowest BCUT2D eigenvalue weighted by Gasteiger charge is -2.33. The van der Waals surface area contributed by atoms with Gasteiger partial charge in [0.15, 0.2) is 0 Å². The molecule has 4 nitrogen and oxygen atoms in total. The summed E-state index contributed by atoms with van der Waals surface area (Å²) in [6.07, 6.45) is 26.6. The highest BCUT2D eigenvalue weighted by Crippen LogP contribution is 2.55. The Morgan fingerprint density at radius 3 is 1.60 bits per heavy atom. The fraction of sp³-hybridized carbons (Fsp3) is 0.0323. The molecule has 1 aromatic heterocycles. The van der Waals surface area contributed by atoms with Crippen molar-refractivity contribution in [3.63, 3.8) is 0 Å². The molecule has 4 N–H and O–H groups in total. The molecule has 1 heterocycles. The number of nitrogens with zero attached hydrogens (tertiary/aromatic N) is 2. The van der Waals surface area contributed by atoms with Gasteiger partial charge in [-0.3, -0.25) is 9.97 Å². The first-order valence-electron chi connectivity index (χ1n) is 10.7. The zero-order chi connectivity index (χ0) is 24.7. The Bertz CT molecular complexity index is 1520. The van der Waals surface area contributed by atoms with E-state index >= 15 is 0 Å². The number of fused-ring (bicyclic) bond motifs is 3. The molecule has 1 aliphatic carbocycles. The summed E-state index contributed by atoms with van der Waals surface area (Å²) in [6.45, 7) is 0. The highest BCUT2D eigenvalue weighted by atomic mass is 14.8. The second-order valence-corrected chi connectivity index (χ2v) is 8.10. The van der Waals surface area contributed by atoms with Gasteiger partial charge in [0.2, 0.25) is 0 Å². The van der Waals surface area contributed by atoms with E-state index in [4.69, 9.17) is 42.1 Å². The Balaban J connectivity index is 2.05. The van der Waals surface area contributed by atoms with Crippen LogP contribution < -0.4 is 11.5 Å². The lowest BCUT2D eigenvalue weighted by atomic mass is 9.68. The van der Waals surface area contributed by atoms with Crippen molar-refractivity contribution in [2.75, 3.05) is 11.5 Å². The van der Waals surface area contributed by atoms with E-state index in [1.807, 2.05) is 48.5 Å². The molecular weight excluding hydrogens is 428 g/mol. The van der Waals surface area contributed by atoms with Gasteiger partial charge < -0.3 is 11.5 Å². The summed E-state index contributed by atoms with van der Waals surface area (Å²) in [5, 5.41) is 0. The van der Waals surface area contributed by atoms with Crippen LogP contribution in [-0.2, 0) is 5.41 Å². The summed E-state index contributed by atoms with van der Waals surface area (Å²) in [5.41, 5.74) is 19.1. The third-order valence-corrected chi connectivity index (χ3v) is 6.49. The molecule has 5 rings (SSSR count). The lowest BCUT2D eigenvalue weighted by Crippen LogP contribution is -2.30. The molecule has 0 unspecified atom stereocenters. The van der Waals surface area contributed by atoms with Gasteiger partial charge in [0.1, 0.15) is 0 Å². The van der Waals surface area contributed by atoms with Crippen LogP contribution in [0.3, 0.4) is 0 Å². The number of aromatic nitrogens is 2. The normalized spacial score (nSPS) is 12.3. The molecule has 4 heteroatoms. The van der Waals surface area contributed by atoms with Crippen molar-refractivity contribution in [2.45, 2.75) is 5.41 Å². The Kier molecular flexibility index (Phi) is 4.81. The van der Waals surface area contributed by atoms with Crippen molar-refractivity contribution in [2.24, 2.45) is 0 Å². The number of hydrogen-bond donors (Lipinski definition) is 2. The number of nitrogens with two attached hydrogens (primary N) is 2. The van der Waals surface area contributed by atoms with Crippen molar-refractivity contribution >= 4 is 11.4 Å². The first kappa shape index (κ1) is 21.4. The first-order chi connectivity index (χ1) is 17.0. The van der Waals surface area contributed by atoms with Crippen LogP contribution in [0.5, 0.6) is 0 Å². The zero-order valence-electron chi connectivity index (χ0n) is 18.6. The van der Waals surface area contributed by atoms with Crippen molar-refractivity contribution in [3.05, 3.63) is 106 Å². The van der Waals surface area contributed by atoms with Crippen LogP contribution in [0.15, 0.2) is 60.9 Å². The summed E-state index contributed by atoms with van der Waals surface area (Å²) < 4.78 is 0. The van der Waals surface area contributed by atoms with Crippen molar-refractivity contribution in [3.8, 4) is 60.6 Å². The number of nitrogen functional groups attached to an aromatic ring is 2. The van der Waals surface area contributed by atoms with E-state index in [1.54, 1.807) is 12.4 Å². The zero-order valence-corrected chi connectivity index (χ0v) is 18.6. The number of terminal acetylenes is 4. The van der Waals surface area contributed by atoms with Gasteiger partial charge in [-0.2, -0.15) is 0 Å². The molecule has 35 heavy (non-hydrogen) atoms. The molecule has 0 amide bonds. The smallest absolute Gasteiger partial charge is 0.0937 e. The van der Waals surface area contributed by atoms with Crippen LogP contribution in [0.25, 0.3) is 11.3 Å². The van der Waals surface area contributed by atoms with Gasteiger partial charge in [-0.1, -0.05) is 47.9 Å². The molecule has 3 aromatic carbocycles. The Hall–Kier alpha value is -5.42. The molecule has 0 aliphatic heterocycles. The number of rotatable bonds is 2. The molecule has 0 bridgehead atoms. The first-order valence-corrected chi connectivity index (χ1v) is 10.7. The van der Waals surface area contributed by atoms with Gasteiger partial charge in [0.25, 0.3) is 0 Å². The molecule has 0 spiro atoms. The van der Waals surface area contributed by atoms with Crippen molar-refractivity contribution < 1.29 is 0 Å². The van der Waals surface area contributed by atoms with E-state index in [0.717, 1.165) is 27.9 Å². The average Bonchev–Trinajstić information content (AvgIpc) is 3.20.